The monoisotopic (exact) mass is 269 g/mol. The van der Waals surface area contributed by atoms with E-state index in [9.17, 15) is 0 Å². The van der Waals surface area contributed by atoms with Crippen LogP contribution < -0.4 is 5.32 Å². The lowest BCUT2D eigenvalue weighted by Gasteiger charge is -2.17. The van der Waals surface area contributed by atoms with E-state index in [0.717, 1.165) is 19.6 Å². The zero-order chi connectivity index (χ0) is 14.0. The summed E-state index contributed by atoms with van der Waals surface area (Å²) < 4.78 is 5.87. The molecule has 20 heavy (non-hydrogen) atoms. The minimum atomic E-state index is 0.506. The van der Waals surface area contributed by atoms with Crippen LogP contribution in [-0.2, 0) is 17.8 Å². The quantitative estimate of drug-likeness (QED) is 0.794. The van der Waals surface area contributed by atoms with Crippen LogP contribution in [0.1, 0.15) is 11.1 Å². The van der Waals surface area contributed by atoms with E-state index >= 15 is 0 Å². The summed E-state index contributed by atoms with van der Waals surface area (Å²) in [5, 5.41) is 3.26. The van der Waals surface area contributed by atoms with Gasteiger partial charge in [0.2, 0.25) is 0 Å². The molecule has 2 nitrogen and oxygen atoms in total. The first-order valence-electron chi connectivity index (χ1n) is 7.18. The summed E-state index contributed by atoms with van der Waals surface area (Å²) in [6.45, 7) is 2.45. The van der Waals surface area contributed by atoms with E-state index in [1.807, 2.05) is 25.2 Å². The predicted molar refractivity (Wildman–Crippen MR) is 83.7 cm³/mol. The van der Waals surface area contributed by atoms with Crippen molar-refractivity contribution in [2.45, 2.75) is 13.0 Å². The van der Waals surface area contributed by atoms with E-state index in [1.54, 1.807) is 0 Å². The van der Waals surface area contributed by atoms with Crippen molar-refractivity contribution in [3.05, 3.63) is 71.8 Å². The molecule has 2 rings (SSSR count). The van der Waals surface area contributed by atoms with Crippen LogP contribution in [0.5, 0.6) is 0 Å². The number of nitrogens with one attached hydrogen (secondary N) is 1. The predicted octanol–water partition coefficient (Wildman–Crippen LogP) is 3.28. The maximum absolute atomic E-state index is 5.87. The second-order valence-electron chi connectivity index (χ2n) is 5.11. The third kappa shape index (κ3) is 5.16. The second-order valence-corrected chi connectivity index (χ2v) is 5.11. The molecule has 2 heteroatoms. The first-order valence-corrected chi connectivity index (χ1v) is 7.18. The normalized spacial score (nSPS) is 12.2. The average Bonchev–Trinajstić information content (AvgIpc) is 2.49. The number of benzene rings is 2. The van der Waals surface area contributed by atoms with Gasteiger partial charge in [0.05, 0.1) is 13.2 Å². The molecule has 0 saturated carbocycles. The Kier molecular flexibility index (Phi) is 6.28. The van der Waals surface area contributed by atoms with Gasteiger partial charge in [-0.2, -0.15) is 0 Å². The molecule has 0 amide bonds. The van der Waals surface area contributed by atoms with Gasteiger partial charge in [-0.05, 0) is 30.5 Å². The molecule has 1 unspecified atom stereocenters. The highest BCUT2D eigenvalue weighted by Crippen LogP contribution is 2.10. The van der Waals surface area contributed by atoms with Crippen molar-refractivity contribution >= 4 is 0 Å². The fourth-order valence-corrected chi connectivity index (χ4v) is 2.34. The maximum atomic E-state index is 5.87. The third-order valence-corrected chi connectivity index (χ3v) is 3.33. The van der Waals surface area contributed by atoms with Gasteiger partial charge in [0.15, 0.2) is 0 Å². The summed E-state index contributed by atoms with van der Waals surface area (Å²) in [7, 11) is 2.00. The molecule has 1 N–H and O–H groups in total. The van der Waals surface area contributed by atoms with Gasteiger partial charge in [-0.3, -0.25) is 0 Å². The molecule has 0 aliphatic rings. The Labute approximate surface area is 121 Å². The van der Waals surface area contributed by atoms with Crippen LogP contribution in [0.3, 0.4) is 0 Å². The van der Waals surface area contributed by atoms with Gasteiger partial charge < -0.3 is 10.1 Å². The van der Waals surface area contributed by atoms with Crippen molar-refractivity contribution in [1.82, 2.24) is 5.32 Å². The number of hydrogen-bond acceptors (Lipinski definition) is 2. The summed E-state index contributed by atoms with van der Waals surface area (Å²) in [5.41, 5.74) is 2.60. The maximum Gasteiger partial charge on any atom is 0.0717 e. The van der Waals surface area contributed by atoms with Gasteiger partial charge >= 0.3 is 0 Å². The standard InChI is InChI=1S/C18H23NO/c1-19-13-18(12-16-8-4-2-5-9-16)15-20-14-17-10-6-3-7-11-17/h2-11,18-19H,12-15H2,1H3. The van der Waals surface area contributed by atoms with Crippen LogP contribution in [0.15, 0.2) is 60.7 Å². The molecule has 0 saturated heterocycles. The fourth-order valence-electron chi connectivity index (χ4n) is 2.34. The van der Waals surface area contributed by atoms with Crippen LogP contribution in [0.2, 0.25) is 0 Å². The van der Waals surface area contributed by atoms with Crippen molar-refractivity contribution in [2.24, 2.45) is 5.92 Å². The smallest absolute Gasteiger partial charge is 0.0717 e. The van der Waals surface area contributed by atoms with Crippen molar-refractivity contribution in [2.75, 3.05) is 20.2 Å². The van der Waals surface area contributed by atoms with Gasteiger partial charge in [0, 0.05) is 6.54 Å². The molecule has 2 aromatic rings. The van der Waals surface area contributed by atoms with E-state index in [-0.39, 0.29) is 0 Å². The molecule has 106 valence electrons. The Balaban J connectivity index is 1.80. The molecule has 0 radical (unpaired) electrons. The molecule has 0 bridgehead atoms. The van der Waals surface area contributed by atoms with Gasteiger partial charge in [-0.25, -0.2) is 0 Å². The van der Waals surface area contributed by atoms with Crippen molar-refractivity contribution in [1.29, 1.82) is 0 Å². The van der Waals surface area contributed by atoms with Gasteiger partial charge in [0.25, 0.3) is 0 Å². The molecule has 1 atom stereocenters. The van der Waals surface area contributed by atoms with E-state index in [0.29, 0.717) is 12.5 Å². The van der Waals surface area contributed by atoms with Crippen molar-refractivity contribution in [3.8, 4) is 0 Å². The fraction of sp³-hybridized carbons (Fsp3) is 0.333. The molecule has 0 aromatic heterocycles. The molecule has 0 spiro atoms. The summed E-state index contributed by atoms with van der Waals surface area (Å²) in [6, 6.07) is 20.9. The van der Waals surface area contributed by atoms with Crippen molar-refractivity contribution in [3.63, 3.8) is 0 Å². The lowest BCUT2D eigenvalue weighted by molar-refractivity contribution is 0.0871. The molecule has 0 aliphatic carbocycles. The van der Waals surface area contributed by atoms with E-state index < -0.39 is 0 Å². The molecule has 0 aliphatic heterocycles. The minimum Gasteiger partial charge on any atom is -0.376 e. The number of ether oxygens (including phenoxy) is 1. The van der Waals surface area contributed by atoms with E-state index in [4.69, 9.17) is 4.74 Å². The molecule has 0 heterocycles. The summed E-state index contributed by atoms with van der Waals surface area (Å²) in [4.78, 5) is 0. The molecular weight excluding hydrogens is 246 g/mol. The Hall–Kier alpha value is -1.64. The Morgan fingerprint density at radius 2 is 1.50 bits per heavy atom. The van der Waals surface area contributed by atoms with Crippen LogP contribution in [0.4, 0.5) is 0 Å². The largest absolute Gasteiger partial charge is 0.376 e. The topological polar surface area (TPSA) is 21.3 Å². The molecular formula is C18H23NO. The summed E-state index contributed by atoms with van der Waals surface area (Å²) >= 11 is 0. The van der Waals surface area contributed by atoms with Crippen molar-refractivity contribution < 1.29 is 4.74 Å². The Morgan fingerprint density at radius 1 is 0.900 bits per heavy atom. The van der Waals surface area contributed by atoms with Gasteiger partial charge in [-0.15, -0.1) is 0 Å². The van der Waals surface area contributed by atoms with Gasteiger partial charge in [0.1, 0.15) is 0 Å². The first-order chi connectivity index (χ1) is 9.88. The van der Waals surface area contributed by atoms with Crippen LogP contribution in [-0.4, -0.2) is 20.2 Å². The number of rotatable bonds is 8. The second kappa shape index (κ2) is 8.51. The van der Waals surface area contributed by atoms with E-state index in [1.165, 1.54) is 11.1 Å². The highest BCUT2D eigenvalue weighted by atomic mass is 16.5. The minimum absolute atomic E-state index is 0.506. The molecule has 0 fully saturated rings. The lowest BCUT2D eigenvalue weighted by atomic mass is 10.00. The third-order valence-electron chi connectivity index (χ3n) is 3.33. The zero-order valence-corrected chi connectivity index (χ0v) is 12.1. The average molecular weight is 269 g/mol. The van der Waals surface area contributed by atoms with Crippen LogP contribution in [0.25, 0.3) is 0 Å². The Morgan fingerprint density at radius 3 is 2.10 bits per heavy atom. The van der Waals surface area contributed by atoms with Crippen LogP contribution in [0, 0.1) is 5.92 Å². The lowest BCUT2D eigenvalue weighted by Crippen LogP contribution is -2.25. The highest BCUT2D eigenvalue weighted by molar-refractivity contribution is 5.15. The zero-order valence-electron chi connectivity index (χ0n) is 12.1. The van der Waals surface area contributed by atoms with Crippen LogP contribution >= 0.6 is 0 Å². The number of hydrogen-bond donors (Lipinski definition) is 1. The Bertz CT molecular complexity index is 469. The molecule has 2 aromatic carbocycles. The van der Waals surface area contributed by atoms with Gasteiger partial charge in [-0.1, -0.05) is 60.7 Å². The first kappa shape index (κ1) is 14.8. The summed E-state index contributed by atoms with van der Waals surface area (Å²) in [5.74, 6) is 0.506. The SMILES string of the molecule is CNCC(COCc1ccccc1)Cc1ccccc1. The highest BCUT2D eigenvalue weighted by Gasteiger charge is 2.09. The summed E-state index contributed by atoms with van der Waals surface area (Å²) in [6.07, 6.45) is 1.05. The van der Waals surface area contributed by atoms with E-state index in [2.05, 4.69) is 47.8 Å².